The number of hydrogen-bond acceptors (Lipinski definition) is 3. The van der Waals surface area contributed by atoms with E-state index in [1.807, 2.05) is 0 Å². The highest BCUT2D eigenvalue weighted by Gasteiger charge is 2.22. The quantitative estimate of drug-likeness (QED) is 0.706. The maximum atomic E-state index is 10.8. The van der Waals surface area contributed by atoms with Gasteiger partial charge in [0.2, 0.25) is 0 Å². The van der Waals surface area contributed by atoms with Crippen molar-refractivity contribution in [3.05, 3.63) is 17.5 Å². The second-order valence-corrected chi connectivity index (χ2v) is 3.66. The Morgan fingerprint density at radius 1 is 1.60 bits per heavy atom. The molecular weight excluding hydrogens is 198 g/mol. The summed E-state index contributed by atoms with van der Waals surface area (Å²) in [4.78, 5) is 12.1. The summed E-state index contributed by atoms with van der Waals surface area (Å²) in [7, 11) is 0. The Morgan fingerprint density at radius 3 is 2.93 bits per heavy atom. The van der Waals surface area contributed by atoms with E-state index in [-0.39, 0.29) is 0 Å². The van der Waals surface area contributed by atoms with Gasteiger partial charge in [0.05, 0.1) is 30.6 Å². The maximum absolute atomic E-state index is 10.8. The summed E-state index contributed by atoms with van der Waals surface area (Å²) >= 11 is 0. The van der Waals surface area contributed by atoms with Crippen LogP contribution in [-0.4, -0.2) is 37.5 Å². The van der Waals surface area contributed by atoms with E-state index in [2.05, 4.69) is 5.10 Å². The molecule has 0 radical (unpaired) electrons. The highest BCUT2D eigenvalue weighted by molar-refractivity contribution is 5.65. The lowest BCUT2D eigenvalue weighted by Crippen LogP contribution is -2.37. The Balaban J connectivity index is 2.22. The van der Waals surface area contributed by atoms with Gasteiger partial charge in [-0.2, -0.15) is 5.10 Å². The van der Waals surface area contributed by atoms with Gasteiger partial charge in [0.1, 0.15) is 0 Å². The van der Waals surface area contributed by atoms with Gasteiger partial charge in [0, 0.05) is 6.54 Å². The molecule has 1 atom stereocenters. The number of aliphatic hydroxyl groups excluding tert-OH is 1. The minimum Gasteiger partial charge on any atom is -0.465 e. The lowest BCUT2D eigenvalue weighted by Gasteiger charge is -2.24. The Hall–Kier alpha value is -1.56. The van der Waals surface area contributed by atoms with Gasteiger partial charge in [0.25, 0.3) is 0 Å². The summed E-state index contributed by atoms with van der Waals surface area (Å²) in [6, 6.07) is 1.75. The molecule has 2 rings (SSSR count). The molecule has 0 spiro atoms. The Bertz CT molecular complexity index is 386. The average molecular weight is 211 g/mol. The van der Waals surface area contributed by atoms with Crippen molar-refractivity contribution in [2.75, 3.05) is 6.54 Å². The first kappa shape index (κ1) is 9.97. The topological polar surface area (TPSA) is 78.6 Å². The zero-order valence-electron chi connectivity index (χ0n) is 8.42. The molecule has 2 N–H and O–H groups in total. The average Bonchev–Trinajstić information content (AvgIpc) is 2.59. The molecule has 1 aliphatic heterocycles. The molecule has 0 aliphatic carbocycles. The number of hydrogen-bond donors (Lipinski definition) is 2. The predicted molar refractivity (Wildman–Crippen MR) is 51.3 cm³/mol. The second-order valence-electron chi connectivity index (χ2n) is 3.66. The molecular formula is C9H13N3O3. The first-order chi connectivity index (χ1) is 7.08. The van der Waals surface area contributed by atoms with Gasteiger partial charge < -0.3 is 15.1 Å². The minimum absolute atomic E-state index is 0.342. The van der Waals surface area contributed by atoms with Gasteiger partial charge in [-0.15, -0.1) is 0 Å². The Morgan fingerprint density at radius 2 is 2.33 bits per heavy atom. The van der Waals surface area contributed by atoms with Crippen molar-refractivity contribution in [1.29, 1.82) is 0 Å². The van der Waals surface area contributed by atoms with E-state index in [1.165, 1.54) is 4.90 Å². The molecule has 1 aromatic rings. The summed E-state index contributed by atoms with van der Waals surface area (Å²) in [5.41, 5.74) is 1.43. The van der Waals surface area contributed by atoms with Crippen molar-refractivity contribution >= 4 is 6.09 Å². The van der Waals surface area contributed by atoms with Crippen LogP contribution in [0.25, 0.3) is 0 Å². The Labute approximate surface area is 86.7 Å². The molecule has 0 fully saturated rings. The number of nitrogens with zero attached hydrogens (tertiary/aromatic N) is 3. The van der Waals surface area contributed by atoms with Crippen LogP contribution in [0.3, 0.4) is 0 Å². The number of amides is 1. The molecule has 6 heteroatoms. The van der Waals surface area contributed by atoms with Crippen LogP contribution in [-0.2, 0) is 13.1 Å². The predicted octanol–water partition coefficient (Wildman–Crippen LogP) is 0.430. The molecule has 1 unspecified atom stereocenters. The molecule has 0 bridgehead atoms. The molecule has 6 nitrogen and oxygen atoms in total. The summed E-state index contributed by atoms with van der Waals surface area (Å²) in [5, 5.41) is 22.4. The first-order valence-electron chi connectivity index (χ1n) is 4.80. The highest BCUT2D eigenvalue weighted by Crippen LogP contribution is 2.17. The number of aromatic nitrogens is 2. The smallest absolute Gasteiger partial charge is 0.407 e. The molecule has 1 aliphatic rings. The monoisotopic (exact) mass is 211 g/mol. The molecule has 0 aromatic carbocycles. The lowest BCUT2D eigenvalue weighted by molar-refractivity contribution is 0.131. The van der Waals surface area contributed by atoms with Crippen molar-refractivity contribution in [2.24, 2.45) is 0 Å². The van der Waals surface area contributed by atoms with E-state index in [1.54, 1.807) is 17.7 Å². The summed E-state index contributed by atoms with van der Waals surface area (Å²) in [6.07, 6.45) is -1.53. The van der Waals surface area contributed by atoms with Gasteiger partial charge in [-0.25, -0.2) is 4.79 Å². The van der Waals surface area contributed by atoms with Crippen molar-refractivity contribution < 1.29 is 15.0 Å². The van der Waals surface area contributed by atoms with E-state index in [4.69, 9.17) is 5.11 Å². The molecule has 2 heterocycles. The van der Waals surface area contributed by atoms with Crippen LogP contribution in [0.15, 0.2) is 6.07 Å². The number of aliphatic hydroxyl groups is 1. The van der Waals surface area contributed by atoms with Gasteiger partial charge in [-0.3, -0.25) is 4.68 Å². The number of fused-ring (bicyclic) bond motifs is 1. The van der Waals surface area contributed by atoms with Crippen LogP contribution >= 0.6 is 0 Å². The van der Waals surface area contributed by atoms with Gasteiger partial charge in [-0.1, -0.05) is 0 Å². The van der Waals surface area contributed by atoms with E-state index in [0.717, 1.165) is 5.69 Å². The zero-order chi connectivity index (χ0) is 11.0. The van der Waals surface area contributed by atoms with Gasteiger partial charge in [0.15, 0.2) is 0 Å². The van der Waals surface area contributed by atoms with Gasteiger partial charge in [-0.05, 0) is 13.0 Å². The van der Waals surface area contributed by atoms with Crippen LogP contribution in [0.5, 0.6) is 0 Å². The number of carboxylic acid groups (broad SMARTS) is 1. The minimum atomic E-state index is -0.916. The van der Waals surface area contributed by atoms with E-state index >= 15 is 0 Å². The van der Waals surface area contributed by atoms with Gasteiger partial charge >= 0.3 is 6.09 Å². The van der Waals surface area contributed by atoms with Crippen molar-refractivity contribution in [3.8, 4) is 0 Å². The summed E-state index contributed by atoms with van der Waals surface area (Å²) < 4.78 is 1.75. The third-order valence-corrected chi connectivity index (χ3v) is 2.52. The standard InChI is InChI=1S/C9H13N3O3/c1-6(13)8-4-7-5-11(9(14)15)2-3-12(7)10-8/h4,6,13H,2-3,5H2,1H3,(H,14,15). The van der Waals surface area contributed by atoms with Crippen molar-refractivity contribution in [3.63, 3.8) is 0 Å². The third kappa shape index (κ3) is 1.80. The van der Waals surface area contributed by atoms with E-state index in [9.17, 15) is 9.90 Å². The van der Waals surface area contributed by atoms with Crippen LogP contribution in [0.2, 0.25) is 0 Å². The fraction of sp³-hybridized carbons (Fsp3) is 0.556. The lowest BCUT2D eigenvalue weighted by atomic mass is 10.2. The van der Waals surface area contributed by atoms with E-state index < -0.39 is 12.2 Å². The van der Waals surface area contributed by atoms with E-state index in [0.29, 0.717) is 25.3 Å². The molecule has 1 amide bonds. The molecule has 0 saturated heterocycles. The zero-order valence-corrected chi connectivity index (χ0v) is 8.42. The van der Waals surface area contributed by atoms with Crippen molar-refractivity contribution in [1.82, 2.24) is 14.7 Å². The highest BCUT2D eigenvalue weighted by atomic mass is 16.4. The summed E-state index contributed by atoms with van der Waals surface area (Å²) in [5.74, 6) is 0. The molecule has 82 valence electrons. The second kappa shape index (κ2) is 3.54. The fourth-order valence-electron chi connectivity index (χ4n) is 1.66. The fourth-order valence-corrected chi connectivity index (χ4v) is 1.66. The Kier molecular flexibility index (Phi) is 2.36. The molecule has 1 aromatic heterocycles. The maximum Gasteiger partial charge on any atom is 0.407 e. The van der Waals surface area contributed by atoms with Crippen LogP contribution in [0.1, 0.15) is 24.4 Å². The van der Waals surface area contributed by atoms with Crippen LogP contribution < -0.4 is 0 Å². The molecule has 15 heavy (non-hydrogen) atoms. The largest absolute Gasteiger partial charge is 0.465 e. The number of carbonyl (C=O) groups is 1. The normalized spacial score (nSPS) is 17.3. The summed E-state index contributed by atoms with van der Waals surface area (Å²) in [6.45, 7) is 2.98. The van der Waals surface area contributed by atoms with Crippen LogP contribution in [0.4, 0.5) is 4.79 Å². The van der Waals surface area contributed by atoms with Crippen molar-refractivity contribution in [2.45, 2.75) is 26.1 Å². The van der Waals surface area contributed by atoms with Crippen LogP contribution in [0, 0.1) is 0 Å². The molecule has 0 saturated carbocycles. The first-order valence-corrected chi connectivity index (χ1v) is 4.80. The third-order valence-electron chi connectivity index (χ3n) is 2.52. The number of rotatable bonds is 1. The SMILES string of the molecule is CC(O)c1cc2n(n1)CCN(C(=O)O)C2.